The third-order valence-electron chi connectivity index (χ3n) is 4.17. The van der Waals surface area contributed by atoms with Crippen LogP contribution in [0.5, 0.6) is 0 Å². The molecule has 1 saturated heterocycles. The van der Waals surface area contributed by atoms with Gasteiger partial charge in [-0.05, 0) is 33.2 Å². The summed E-state index contributed by atoms with van der Waals surface area (Å²) in [6, 6.07) is 0.609. The normalized spacial score (nSPS) is 20.6. The third-order valence-corrected chi connectivity index (χ3v) is 4.52. The van der Waals surface area contributed by atoms with Crippen molar-refractivity contribution < 1.29 is 5.11 Å². The topological polar surface area (TPSA) is 70.4 Å². The molecule has 1 aliphatic heterocycles. The van der Waals surface area contributed by atoms with Crippen LogP contribution in [0.1, 0.15) is 26.2 Å². The number of likely N-dealkylation sites (N-methyl/N-ethyl adjacent to an activating group) is 1. The van der Waals surface area contributed by atoms with E-state index in [1.165, 1.54) is 11.1 Å². The summed E-state index contributed by atoms with van der Waals surface area (Å²) in [5, 5.41) is 16.5. The highest BCUT2D eigenvalue weighted by molar-refractivity contribution is 6.33. The first-order valence-electron chi connectivity index (χ1n) is 7.40. The minimum absolute atomic E-state index is 0.133. The summed E-state index contributed by atoms with van der Waals surface area (Å²) in [5.74, 6) is 0. The molecule has 21 heavy (non-hydrogen) atoms. The first-order valence-corrected chi connectivity index (χ1v) is 7.78. The van der Waals surface area contributed by atoms with Crippen LogP contribution < -0.4 is 15.8 Å². The van der Waals surface area contributed by atoms with Gasteiger partial charge in [0.25, 0.3) is 5.56 Å². The Morgan fingerprint density at radius 1 is 1.57 bits per heavy atom. The fourth-order valence-corrected chi connectivity index (χ4v) is 3.13. The standard InChI is InChI=1S/C14H23ClN4O2/c1-10(16-2)11-5-3-4-6-18(11)12-9-17-19(7-8-20)14(21)13(12)15/h9-11,16,20H,3-8H2,1-2H3. The van der Waals surface area contributed by atoms with Crippen molar-refractivity contribution in [3.8, 4) is 0 Å². The van der Waals surface area contributed by atoms with Gasteiger partial charge in [0, 0.05) is 18.6 Å². The van der Waals surface area contributed by atoms with E-state index in [0.717, 1.165) is 19.4 Å². The summed E-state index contributed by atoms with van der Waals surface area (Å²) < 4.78 is 1.20. The minimum atomic E-state index is -0.343. The number of anilines is 1. The zero-order valence-electron chi connectivity index (χ0n) is 12.5. The monoisotopic (exact) mass is 314 g/mol. The van der Waals surface area contributed by atoms with Gasteiger partial charge in [-0.3, -0.25) is 4.79 Å². The fourth-order valence-electron chi connectivity index (χ4n) is 2.88. The van der Waals surface area contributed by atoms with E-state index >= 15 is 0 Å². The Morgan fingerprint density at radius 3 is 3.00 bits per heavy atom. The number of hydrogen-bond donors (Lipinski definition) is 2. The molecule has 2 N–H and O–H groups in total. The number of aliphatic hydroxyl groups is 1. The number of hydrogen-bond acceptors (Lipinski definition) is 5. The Morgan fingerprint density at radius 2 is 2.33 bits per heavy atom. The number of aromatic nitrogens is 2. The van der Waals surface area contributed by atoms with E-state index in [1.807, 2.05) is 7.05 Å². The number of nitrogens with zero attached hydrogens (tertiary/aromatic N) is 3. The van der Waals surface area contributed by atoms with Gasteiger partial charge in [-0.2, -0.15) is 5.10 Å². The first kappa shape index (κ1) is 16.3. The maximum atomic E-state index is 12.2. The van der Waals surface area contributed by atoms with E-state index in [4.69, 9.17) is 16.7 Å². The van der Waals surface area contributed by atoms with Crippen LogP contribution >= 0.6 is 11.6 Å². The maximum Gasteiger partial charge on any atom is 0.287 e. The molecule has 7 heteroatoms. The number of halogens is 1. The molecule has 1 aromatic heterocycles. The lowest BCUT2D eigenvalue weighted by Gasteiger charge is -2.40. The molecule has 0 aromatic carbocycles. The lowest BCUT2D eigenvalue weighted by molar-refractivity contribution is 0.266. The molecule has 118 valence electrons. The van der Waals surface area contributed by atoms with Crippen LogP contribution in [0.3, 0.4) is 0 Å². The van der Waals surface area contributed by atoms with Crippen LogP contribution in [0.2, 0.25) is 5.02 Å². The smallest absolute Gasteiger partial charge is 0.287 e. The van der Waals surface area contributed by atoms with Gasteiger partial charge in [-0.25, -0.2) is 4.68 Å². The highest BCUT2D eigenvalue weighted by atomic mass is 35.5. The van der Waals surface area contributed by atoms with Crippen molar-refractivity contribution in [3.63, 3.8) is 0 Å². The van der Waals surface area contributed by atoms with E-state index in [9.17, 15) is 4.79 Å². The SMILES string of the molecule is CNC(C)C1CCCCN1c1cnn(CCO)c(=O)c1Cl. The summed E-state index contributed by atoms with van der Waals surface area (Å²) >= 11 is 6.26. The Balaban J connectivity index is 2.35. The molecule has 0 amide bonds. The van der Waals surface area contributed by atoms with Gasteiger partial charge in [0.1, 0.15) is 5.02 Å². The van der Waals surface area contributed by atoms with Crippen molar-refractivity contribution in [1.29, 1.82) is 0 Å². The molecule has 1 aromatic rings. The molecule has 2 heterocycles. The summed E-state index contributed by atoms with van der Waals surface area (Å²) in [6.45, 7) is 3.04. The van der Waals surface area contributed by atoms with Crippen molar-refractivity contribution in [2.75, 3.05) is 25.1 Å². The zero-order chi connectivity index (χ0) is 15.4. The second-order valence-corrected chi connectivity index (χ2v) is 5.81. The predicted molar refractivity (Wildman–Crippen MR) is 84.1 cm³/mol. The number of nitrogens with one attached hydrogen (secondary N) is 1. The van der Waals surface area contributed by atoms with E-state index in [-0.39, 0.29) is 23.7 Å². The van der Waals surface area contributed by atoms with Gasteiger partial charge < -0.3 is 15.3 Å². The molecule has 2 unspecified atom stereocenters. The number of aliphatic hydroxyl groups excluding tert-OH is 1. The second kappa shape index (κ2) is 7.24. The molecule has 2 rings (SSSR count). The molecule has 0 spiro atoms. The van der Waals surface area contributed by atoms with Crippen LogP contribution in [0.25, 0.3) is 0 Å². The summed E-state index contributed by atoms with van der Waals surface area (Å²) in [7, 11) is 1.94. The predicted octanol–water partition coefficient (Wildman–Crippen LogP) is 0.856. The quantitative estimate of drug-likeness (QED) is 0.843. The lowest BCUT2D eigenvalue weighted by atomic mass is 9.96. The summed E-state index contributed by atoms with van der Waals surface area (Å²) in [5.41, 5.74) is 0.354. The van der Waals surface area contributed by atoms with Crippen molar-refractivity contribution in [2.45, 2.75) is 44.8 Å². The van der Waals surface area contributed by atoms with Crippen LogP contribution in [-0.2, 0) is 6.54 Å². The number of piperidine rings is 1. The van der Waals surface area contributed by atoms with Crippen molar-refractivity contribution in [1.82, 2.24) is 15.1 Å². The third kappa shape index (κ3) is 3.39. The second-order valence-electron chi connectivity index (χ2n) is 5.43. The van der Waals surface area contributed by atoms with Crippen molar-refractivity contribution >= 4 is 17.3 Å². The Labute approximate surface area is 129 Å². The van der Waals surface area contributed by atoms with Gasteiger partial charge in [0.15, 0.2) is 0 Å². The molecule has 0 aliphatic carbocycles. The lowest BCUT2D eigenvalue weighted by Crippen LogP contribution is -2.51. The van der Waals surface area contributed by atoms with Crippen LogP contribution in [0.15, 0.2) is 11.0 Å². The Bertz CT molecular complexity index is 534. The molecule has 2 atom stereocenters. The molecule has 0 radical (unpaired) electrons. The number of rotatable bonds is 5. The first-order chi connectivity index (χ1) is 10.1. The van der Waals surface area contributed by atoms with E-state index in [0.29, 0.717) is 17.8 Å². The zero-order valence-corrected chi connectivity index (χ0v) is 13.3. The van der Waals surface area contributed by atoms with Gasteiger partial charge in [0.2, 0.25) is 0 Å². The Hall–Kier alpha value is -1.11. The van der Waals surface area contributed by atoms with Crippen LogP contribution in [0, 0.1) is 0 Å². The fraction of sp³-hybridized carbons (Fsp3) is 0.714. The van der Waals surface area contributed by atoms with Gasteiger partial charge in [-0.1, -0.05) is 11.6 Å². The highest BCUT2D eigenvalue weighted by Crippen LogP contribution is 2.29. The molecule has 0 saturated carbocycles. The summed E-state index contributed by atoms with van der Waals surface area (Å²) in [6.07, 6.45) is 4.97. The van der Waals surface area contributed by atoms with Gasteiger partial charge in [-0.15, -0.1) is 0 Å². The van der Waals surface area contributed by atoms with E-state index in [2.05, 4.69) is 22.2 Å². The highest BCUT2D eigenvalue weighted by Gasteiger charge is 2.29. The average Bonchev–Trinajstić information content (AvgIpc) is 2.51. The minimum Gasteiger partial charge on any atom is -0.394 e. The average molecular weight is 315 g/mol. The molecular formula is C14H23ClN4O2. The van der Waals surface area contributed by atoms with E-state index < -0.39 is 0 Å². The van der Waals surface area contributed by atoms with Crippen LogP contribution in [-0.4, -0.2) is 47.2 Å². The van der Waals surface area contributed by atoms with Crippen LogP contribution in [0.4, 0.5) is 5.69 Å². The van der Waals surface area contributed by atoms with Crippen molar-refractivity contribution in [2.24, 2.45) is 0 Å². The largest absolute Gasteiger partial charge is 0.394 e. The molecule has 6 nitrogen and oxygen atoms in total. The molecule has 1 fully saturated rings. The molecule has 0 bridgehead atoms. The summed E-state index contributed by atoms with van der Waals surface area (Å²) in [4.78, 5) is 14.4. The molecular weight excluding hydrogens is 292 g/mol. The van der Waals surface area contributed by atoms with E-state index in [1.54, 1.807) is 6.20 Å². The van der Waals surface area contributed by atoms with Crippen molar-refractivity contribution in [3.05, 3.63) is 21.6 Å². The molecule has 1 aliphatic rings. The Kier molecular flexibility index (Phi) is 5.61. The van der Waals surface area contributed by atoms with Gasteiger partial charge in [0.05, 0.1) is 25.0 Å². The van der Waals surface area contributed by atoms with Gasteiger partial charge >= 0.3 is 0 Å². The maximum absolute atomic E-state index is 12.2.